The Morgan fingerprint density at radius 1 is 1.29 bits per heavy atom. The molecule has 1 atom stereocenters. The van der Waals surface area contributed by atoms with Crippen LogP contribution in [0.3, 0.4) is 0 Å². The molecule has 1 unspecified atom stereocenters. The largest absolute Gasteiger partial charge is 0.377 e. The maximum Gasteiger partial charge on any atom is 0.236 e. The molecule has 0 aromatic rings. The number of methoxy groups -OCH3 is 1. The van der Waals surface area contributed by atoms with Crippen LogP contribution in [0.5, 0.6) is 0 Å². The third-order valence-electron chi connectivity index (χ3n) is 2.80. The zero-order chi connectivity index (χ0) is 13.5. The molecule has 1 amide bonds. The van der Waals surface area contributed by atoms with Gasteiger partial charge < -0.3 is 15.4 Å². The standard InChI is InChI=1S/C13H28N2O2/c1-10(2)7-8-14-12(16)11(3)15-9-13(4,5)17-6/h10-11,15H,7-9H2,1-6H3,(H,14,16). The van der Waals surface area contributed by atoms with Gasteiger partial charge in [-0.25, -0.2) is 0 Å². The molecule has 0 rings (SSSR count). The van der Waals surface area contributed by atoms with Gasteiger partial charge in [0.2, 0.25) is 5.91 Å². The second-order valence-electron chi connectivity index (χ2n) is 5.54. The van der Waals surface area contributed by atoms with Crippen molar-refractivity contribution < 1.29 is 9.53 Å². The van der Waals surface area contributed by atoms with Gasteiger partial charge in [0.1, 0.15) is 0 Å². The first kappa shape index (κ1) is 16.4. The van der Waals surface area contributed by atoms with E-state index in [9.17, 15) is 4.79 Å². The minimum Gasteiger partial charge on any atom is -0.377 e. The van der Waals surface area contributed by atoms with Crippen molar-refractivity contribution in [1.82, 2.24) is 10.6 Å². The summed E-state index contributed by atoms with van der Waals surface area (Å²) in [6.07, 6.45) is 1.02. The van der Waals surface area contributed by atoms with Crippen LogP contribution in [0.1, 0.15) is 41.0 Å². The van der Waals surface area contributed by atoms with E-state index in [0.717, 1.165) is 13.0 Å². The fraction of sp³-hybridized carbons (Fsp3) is 0.923. The van der Waals surface area contributed by atoms with Crippen LogP contribution >= 0.6 is 0 Å². The lowest BCUT2D eigenvalue weighted by molar-refractivity contribution is -0.123. The molecule has 0 saturated heterocycles. The van der Waals surface area contributed by atoms with Crippen molar-refractivity contribution in [2.45, 2.75) is 52.7 Å². The minimum atomic E-state index is -0.244. The van der Waals surface area contributed by atoms with Crippen LogP contribution in [0.15, 0.2) is 0 Å². The average Bonchev–Trinajstić information content (AvgIpc) is 2.25. The van der Waals surface area contributed by atoms with Gasteiger partial charge in [0.25, 0.3) is 0 Å². The highest BCUT2D eigenvalue weighted by Crippen LogP contribution is 2.05. The molecule has 0 fully saturated rings. The monoisotopic (exact) mass is 244 g/mol. The van der Waals surface area contributed by atoms with E-state index < -0.39 is 0 Å². The Hall–Kier alpha value is -0.610. The highest BCUT2D eigenvalue weighted by molar-refractivity contribution is 5.81. The number of carbonyl (C=O) groups is 1. The van der Waals surface area contributed by atoms with Crippen LogP contribution in [-0.4, -0.2) is 37.7 Å². The van der Waals surface area contributed by atoms with Crippen molar-refractivity contribution in [2.75, 3.05) is 20.2 Å². The molecule has 17 heavy (non-hydrogen) atoms. The number of amides is 1. The summed E-state index contributed by atoms with van der Waals surface area (Å²) in [7, 11) is 1.68. The zero-order valence-corrected chi connectivity index (χ0v) is 12.1. The van der Waals surface area contributed by atoms with Crippen molar-refractivity contribution >= 4 is 5.91 Å². The van der Waals surface area contributed by atoms with Crippen molar-refractivity contribution in [3.05, 3.63) is 0 Å². The van der Waals surface area contributed by atoms with E-state index in [4.69, 9.17) is 4.74 Å². The number of carbonyl (C=O) groups excluding carboxylic acids is 1. The SMILES string of the molecule is COC(C)(C)CNC(C)C(=O)NCCC(C)C. The number of hydrogen-bond donors (Lipinski definition) is 2. The molecule has 0 aromatic heterocycles. The summed E-state index contributed by atoms with van der Waals surface area (Å²) in [5.74, 6) is 0.670. The van der Waals surface area contributed by atoms with Crippen molar-refractivity contribution in [3.63, 3.8) is 0 Å². The first-order valence-corrected chi connectivity index (χ1v) is 6.34. The average molecular weight is 244 g/mol. The summed E-state index contributed by atoms with van der Waals surface area (Å²) in [4.78, 5) is 11.7. The number of nitrogens with one attached hydrogen (secondary N) is 2. The van der Waals surface area contributed by atoms with Gasteiger partial charge in [-0.05, 0) is 33.1 Å². The molecule has 0 aliphatic heterocycles. The Morgan fingerprint density at radius 2 is 1.88 bits per heavy atom. The fourth-order valence-corrected chi connectivity index (χ4v) is 1.20. The molecule has 0 saturated carbocycles. The predicted octanol–water partition coefficient (Wildman–Crippen LogP) is 1.55. The number of hydrogen-bond acceptors (Lipinski definition) is 3. The van der Waals surface area contributed by atoms with Gasteiger partial charge in [0, 0.05) is 20.2 Å². The predicted molar refractivity (Wildman–Crippen MR) is 71.0 cm³/mol. The molecule has 0 aliphatic carbocycles. The second kappa shape index (κ2) is 7.67. The maximum atomic E-state index is 11.7. The van der Waals surface area contributed by atoms with E-state index in [1.165, 1.54) is 0 Å². The van der Waals surface area contributed by atoms with E-state index in [-0.39, 0.29) is 17.6 Å². The quantitative estimate of drug-likeness (QED) is 0.681. The van der Waals surface area contributed by atoms with Gasteiger partial charge in [-0.15, -0.1) is 0 Å². The molecule has 0 spiro atoms. The summed E-state index contributed by atoms with van der Waals surface area (Å²) in [6, 6.07) is -0.184. The lowest BCUT2D eigenvalue weighted by Crippen LogP contribution is -2.47. The summed E-state index contributed by atoms with van der Waals surface area (Å²) in [5, 5.41) is 6.10. The van der Waals surface area contributed by atoms with Crippen LogP contribution in [0, 0.1) is 5.92 Å². The normalized spacial score (nSPS) is 13.8. The van der Waals surface area contributed by atoms with Gasteiger partial charge in [-0.2, -0.15) is 0 Å². The number of rotatable bonds is 8. The Bertz CT molecular complexity index is 227. The first-order valence-electron chi connectivity index (χ1n) is 6.34. The molecule has 0 radical (unpaired) electrons. The van der Waals surface area contributed by atoms with Crippen LogP contribution in [-0.2, 0) is 9.53 Å². The van der Waals surface area contributed by atoms with E-state index in [2.05, 4.69) is 24.5 Å². The van der Waals surface area contributed by atoms with Crippen molar-refractivity contribution in [1.29, 1.82) is 0 Å². The Morgan fingerprint density at radius 3 is 2.35 bits per heavy atom. The summed E-state index contributed by atoms with van der Waals surface area (Å²) in [6.45, 7) is 11.5. The lowest BCUT2D eigenvalue weighted by Gasteiger charge is -2.25. The van der Waals surface area contributed by atoms with Gasteiger partial charge in [-0.1, -0.05) is 13.8 Å². The minimum absolute atomic E-state index is 0.0533. The molecule has 102 valence electrons. The highest BCUT2D eigenvalue weighted by Gasteiger charge is 2.19. The van der Waals surface area contributed by atoms with Gasteiger partial charge >= 0.3 is 0 Å². The third-order valence-corrected chi connectivity index (χ3v) is 2.80. The molecule has 0 bridgehead atoms. The van der Waals surface area contributed by atoms with E-state index in [1.807, 2.05) is 20.8 Å². The van der Waals surface area contributed by atoms with E-state index in [0.29, 0.717) is 12.5 Å². The molecule has 0 aromatic carbocycles. The Labute approximate surface area is 105 Å². The topological polar surface area (TPSA) is 50.4 Å². The van der Waals surface area contributed by atoms with Gasteiger partial charge in [0.05, 0.1) is 11.6 Å². The van der Waals surface area contributed by atoms with Gasteiger partial charge in [-0.3, -0.25) is 4.79 Å². The van der Waals surface area contributed by atoms with Crippen LogP contribution in [0.4, 0.5) is 0 Å². The molecule has 0 heterocycles. The Kier molecular flexibility index (Phi) is 7.39. The second-order valence-corrected chi connectivity index (χ2v) is 5.54. The molecule has 2 N–H and O–H groups in total. The molecule has 4 heteroatoms. The summed E-state index contributed by atoms with van der Waals surface area (Å²) in [5.41, 5.74) is -0.244. The van der Waals surface area contributed by atoms with Crippen LogP contribution in [0.2, 0.25) is 0 Å². The van der Waals surface area contributed by atoms with E-state index in [1.54, 1.807) is 7.11 Å². The number of ether oxygens (including phenoxy) is 1. The lowest BCUT2D eigenvalue weighted by atomic mass is 10.1. The van der Waals surface area contributed by atoms with Crippen molar-refractivity contribution in [3.8, 4) is 0 Å². The summed E-state index contributed by atoms with van der Waals surface area (Å²) >= 11 is 0. The molecule has 0 aliphatic rings. The smallest absolute Gasteiger partial charge is 0.236 e. The third kappa shape index (κ3) is 8.16. The summed E-state index contributed by atoms with van der Waals surface area (Å²) < 4.78 is 5.29. The highest BCUT2D eigenvalue weighted by atomic mass is 16.5. The van der Waals surface area contributed by atoms with Crippen LogP contribution in [0.25, 0.3) is 0 Å². The van der Waals surface area contributed by atoms with Crippen LogP contribution < -0.4 is 10.6 Å². The molecular formula is C13H28N2O2. The zero-order valence-electron chi connectivity index (χ0n) is 12.1. The van der Waals surface area contributed by atoms with Crippen molar-refractivity contribution in [2.24, 2.45) is 5.92 Å². The first-order chi connectivity index (χ1) is 7.78. The Balaban J connectivity index is 3.82. The maximum absolute atomic E-state index is 11.7. The van der Waals surface area contributed by atoms with Gasteiger partial charge in [0.15, 0.2) is 0 Å². The molecular weight excluding hydrogens is 216 g/mol. The fourth-order valence-electron chi connectivity index (χ4n) is 1.20. The van der Waals surface area contributed by atoms with E-state index >= 15 is 0 Å². The molecule has 4 nitrogen and oxygen atoms in total.